The van der Waals surface area contributed by atoms with Gasteiger partial charge in [0.2, 0.25) is 0 Å². The first-order chi connectivity index (χ1) is 8.15. The largest absolute Gasteiger partial charge is 0.459 e. The van der Waals surface area contributed by atoms with Crippen molar-refractivity contribution in [3.63, 3.8) is 0 Å². The third-order valence-electron chi connectivity index (χ3n) is 2.34. The Kier molecular flexibility index (Phi) is 5.06. The van der Waals surface area contributed by atoms with E-state index >= 15 is 0 Å². The summed E-state index contributed by atoms with van der Waals surface area (Å²) in [5, 5.41) is 13.9. The van der Waals surface area contributed by atoms with Gasteiger partial charge in [0.1, 0.15) is 5.84 Å². The van der Waals surface area contributed by atoms with Gasteiger partial charge in [-0.3, -0.25) is 4.79 Å². The molecule has 0 saturated carbocycles. The zero-order valence-corrected chi connectivity index (χ0v) is 9.77. The third-order valence-corrected chi connectivity index (χ3v) is 2.34. The number of aryl methyl sites for hydroxylation is 1. The van der Waals surface area contributed by atoms with Crippen molar-refractivity contribution in [2.75, 3.05) is 6.54 Å². The van der Waals surface area contributed by atoms with Crippen LogP contribution in [-0.2, 0) is 0 Å². The molecule has 1 aromatic rings. The fourth-order valence-corrected chi connectivity index (χ4v) is 1.37. The monoisotopic (exact) mass is 239 g/mol. The molecule has 0 radical (unpaired) electrons. The van der Waals surface area contributed by atoms with Gasteiger partial charge in [-0.15, -0.1) is 0 Å². The van der Waals surface area contributed by atoms with Gasteiger partial charge in [-0.25, -0.2) is 0 Å². The van der Waals surface area contributed by atoms with Crippen molar-refractivity contribution in [2.24, 2.45) is 10.9 Å². The van der Waals surface area contributed by atoms with E-state index < -0.39 is 0 Å². The van der Waals surface area contributed by atoms with Crippen molar-refractivity contribution in [3.05, 3.63) is 23.7 Å². The molecule has 0 bridgehead atoms. The Bertz CT molecular complexity index is 398. The Morgan fingerprint density at radius 3 is 2.94 bits per heavy atom. The topological polar surface area (TPSA) is 101 Å². The zero-order chi connectivity index (χ0) is 12.7. The molecule has 6 heteroatoms. The maximum atomic E-state index is 11.6. The maximum absolute atomic E-state index is 11.6. The lowest BCUT2D eigenvalue weighted by Crippen LogP contribution is -2.24. The molecule has 4 N–H and O–H groups in total. The summed E-state index contributed by atoms with van der Waals surface area (Å²) < 4.78 is 5.05. The lowest BCUT2D eigenvalue weighted by Gasteiger charge is -2.03. The van der Waals surface area contributed by atoms with Gasteiger partial charge in [0.25, 0.3) is 5.91 Å². The second kappa shape index (κ2) is 6.57. The maximum Gasteiger partial charge on any atom is 0.287 e. The van der Waals surface area contributed by atoms with Gasteiger partial charge in [-0.1, -0.05) is 5.16 Å². The quantitative estimate of drug-likeness (QED) is 0.228. The number of rotatable bonds is 6. The summed E-state index contributed by atoms with van der Waals surface area (Å²) in [4.78, 5) is 11.6. The molecule has 0 aliphatic heterocycles. The van der Waals surface area contributed by atoms with E-state index in [1.54, 1.807) is 6.07 Å². The second-order valence-electron chi connectivity index (χ2n) is 3.74. The van der Waals surface area contributed by atoms with Crippen molar-refractivity contribution in [1.82, 2.24) is 5.32 Å². The summed E-state index contributed by atoms with van der Waals surface area (Å²) >= 11 is 0. The molecule has 0 unspecified atom stereocenters. The van der Waals surface area contributed by atoms with E-state index in [9.17, 15) is 4.79 Å². The number of hydrogen-bond donors (Lipinski definition) is 3. The number of furan rings is 1. The Morgan fingerprint density at radius 1 is 1.59 bits per heavy atom. The molecule has 1 rings (SSSR count). The standard InChI is InChI=1S/C11H17N3O3/c1-8-5-7-17-10(8)11(15)13-6-3-2-4-9(12)14-16/h5,7,16H,2-4,6H2,1H3,(H2,12,14)(H,13,15). The number of amides is 1. The van der Waals surface area contributed by atoms with Crippen molar-refractivity contribution < 1.29 is 14.4 Å². The van der Waals surface area contributed by atoms with Crippen LogP contribution in [0.1, 0.15) is 35.4 Å². The molecular formula is C11H17N3O3. The van der Waals surface area contributed by atoms with Crippen molar-refractivity contribution in [3.8, 4) is 0 Å². The fourth-order valence-electron chi connectivity index (χ4n) is 1.37. The van der Waals surface area contributed by atoms with Crippen molar-refractivity contribution in [1.29, 1.82) is 0 Å². The van der Waals surface area contributed by atoms with Gasteiger partial charge >= 0.3 is 0 Å². The van der Waals surface area contributed by atoms with Gasteiger partial charge in [-0.05, 0) is 25.8 Å². The normalized spacial score (nSPS) is 11.5. The van der Waals surface area contributed by atoms with Crippen LogP contribution in [0.2, 0.25) is 0 Å². The molecule has 0 aliphatic carbocycles. The van der Waals surface area contributed by atoms with Gasteiger partial charge in [-0.2, -0.15) is 0 Å². The highest BCUT2D eigenvalue weighted by Crippen LogP contribution is 2.08. The Morgan fingerprint density at radius 2 is 2.35 bits per heavy atom. The van der Waals surface area contributed by atoms with Gasteiger partial charge in [0, 0.05) is 18.5 Å². The van der Waals surface area contributed by atoms with Crippen LogP contribution in [0.4, 0.5) is 0 Å². The predicted molar refractivity (Wildman–Crippen MR) is 63.0 cm³/mol. The lowest BCUT2D eigenvalue weighted by atomic mass is 10.2. The van der Waals surface area contributed by atoms with E-state index in [0.29, 0.717) is 18.7 Å². The Hall–Kier alpha value is -1.98. The van der Waals surface area contributed by atoms with Crippen LogP contribution in [0.25, 0.3) is 0 Å². The Labute approximate surface area is 99.5 Å². The average molecular weight is 239 g/mol. The zero-order valence-electron chi connectivity index (χ0n) is 9.77. The summed E-state index contributed by atoms with van der Waals surface area (Å²) in [6, 6.07) is 1.74. The first-order valence-corrected chi connectivity index (χ1v) is 5.44. The Balaban J connectivity index is 2.20. The molecule has 0 aromatic carbocycles. The van der Waals surface area contributed by atoms with E-state index in [2.05, 4.69) is 10.5 Å². The van der Waals surface area contributed by atoms with Crippen LogP contribution < -0.4 is 11.1 Å². The molecule has 0 atom stereocenters. The molecule has 1 heterocycles. The second-order valence-corrected chi connectivity index (χ2v) is 3.74. The molecule has 0 saturated heterocycles. The number of carbonyl (C=O) groups excluding carboxylic acids is 1. The number of oxime groups is 1. The van der Waals surface area contributed by atoms with Crippen molar-refractivity contribution >= 4 is 11.7 Å². The summed E-state index contributed by atoms with van der Waals surface area (Å²) in [6.07, 6.45) is 3.53. The van der Waals surface area contributed by atoms with Crippen molar-refractivity contribution in [2.45, 2.75) is 26.2 Å². The van der Waals surface area contributed by atoms with Gasteiger partial charge < -0.3 is 20.7 Å². The van der Waals surface area contributed by atoms with Gasteiger partial charge in [0.15, 0.2) is 5.76 Å². The van der Waals surface area contributed by atoms with E-state index in [1.807, 2.05) is 6.92 Å². The van der Waals surface area contributed by atoms with E-state index in [4.69, 9.17) is 15.4 Å². The van der Waals surface area contributed by atoms with Crippen LogP contribution in [-0.4, -0.2) is 23.5 Å². The highest BCUT2D eigenvalue weighted by atomic mass is 16.4. The molecule has 0 aliphatic rings. The summed E-state index contributed by atoms with van der Waals surface area (Å²) in [5.74, 6) is 0.343. The minimum atomic E-state index is -0.212. The SMILES string of the molecule is Cc1ccoc1C(=O)NCCCCC(N)=NO. The number of unbranched alkanes of at least 4 members (excludes halogenated alkanes) is 1. The molecule has 6 nitrogen and oxygen atoms in total. The average Bonchev–Trinajstić information content (AvgIpc) is 2.74. The number of nitrogens with zero attached hydrogens (tertiary/aromatic N) is 1. The van der Waals surface area contributed by atoms with Crippen LogP contribution in [0.3, 0.4) is 0 Å². The first kappa shape index (κ1) is 13.1. The third kappa shape index (κ3) is 4.18. The number of nitrogens with two attached hydrogens (primary N) is 1. The van der Waals surface area contributed by atoms with Gasteiger partial charge in [0.05, 0.1) is 6.26 Å². The summed E-state index contributed by atoms with van der Waals surface area (Å²) in [5.41, 5.74) is 6.13. The van der Waals surface area contributed by atoms with Crippen LogP contribution in [0, 0.1) is 6.92 Å². The minimum Gasteiger partial charge on any atom is -0.459 e. The number of nitrogens with one attached hydrogen (secondary N) is 1. The van der Waals surface area contributed by atoms with E-state index in [-0.39, 0.29) is 11.7 Å². The molecule has 0 fully saturated rings. The molecule has 94 valence electrons. The summed E-state index contributed by atoms with van der Waals surface area (Å²) in [7, 11) is 0. The van der Waals surface area contributed by atoms with Crippen LogP contribution >= 0.6 is 0 Å². The minimum absolute atomic E-state index is 0.207. The number of amidine groups is 1. The summed E-state index contributed by atoms with van der Waals surface area (Å²) in [6.45, 7) is 2.36. The molecule has 1 aromatic heterocycles. The van der Waals surface area contributed by atoms with E-state index in [1.165, 1.54) is 6.26 Å². The lowest BCUT2D eigenvalue weighted by molar-refractivity contribution is 0.0924. The molecule has 1 amide bonds. The molecular weight excluding hydrogens is 222 g/mol. The molecule has 17 heavy (non-hydrogen) atoms. The van der Waals surface area contributed by atoms with E-state index in [0.717, 1.165) is 18.4 Å². The smallest absolute Gasteiger partial charge is 0.287 e. The number of carbonyl (C=O) groups is 1. The highest BCUT2D eigenvalue weighted by molar-refractivity contribution is 5.92. The number of hydrogen-bond acceptors (Lipinski definition) is 4. The fraction of sp³-hybridized carbons (Fsp3) is 0.455. The van der Waals surface area contributed by atoms with Crippen LogP contribution in [0.15, 0.2) is 21.9 Å². The highest BCUT2D eigenvalue weighted by Gasteiger charge is 2.11. The molecule has 0 spiro atoms. The van der Waals surface area contributed by atoms with Crippen LogP contribution in [0.5, 0.6) is 0 Å². The predicted octanol–water partition coefficient (Wildman–Crippen LogP) is 1.23. The first-order valence-electron chi connectivity index (χ1n) is 5.44.